The molecule has 4 aromatic rings. The molecule has 1 saturated carbocycles. The molecule has 11 heteroatoms. The first-order valence-corrected chi connectivity index (χ1v) is 13.2. The molecule has 3 aromatic heterocycles. The SMILES string of the molecule is COc1cn(C)c(=O)cc1-c1nc2c(n1C(C)C)C(c1ccc(Cl)cc1)N(c1c(F)c(C3CC3)nn1C)C2=O. The van der Waals surface area contributed by atoms with Crippen molar-refractivity contribution in [3.63, 3.8) is 0 Å². The second kappa shape index (κ2) is 9.08. The molecule has 6 rings (SSSR count). The first-order valence-electron chi connectivity index (χ1n) is 12.8. The Kier molecular flexibility index (Phi) is 5.91. The average molecular weight is 551 g/mol. The van der Waals surface area contributed by atoms with Crippen LogP contribution >= 0.6 is 11.6 Å². The van der Waals surface area contributed by atoms with Crippen molar-refractivity contribution in [3.8, 4) is 17.1 Å². The van der Waals surface area contributed by atoms with Crippen LogP contribution < -0.4 is 15.2 Å². The van der Waals surface area contributed by atoms with E-state index in [9.17, 15) is 9.59 Å². The number of amides is 1. The monoisotopic (exact) mass is 550 g/mol. The third kappa shape index (κ3) is 3.88. The maximum Gasteiger partial charge on any atom is 0.281 e. The molecule has 1 aliphatic heterocycles. The van der Waals surface area contributed by atoms with Gasteiger partial charge in [0.2, 0.25) is 0 Å². The summed E-state index contributed by atoms with van der Waals surface area (Å²) in [6, 6.07) is 7.73. The van der Waals surface area contributed by atoms with E-state index in [4.69, 9.17) is 21.3 Å². The third-order valence-electron chi connectivity index (χ3n) is 7.42. The Morgan fingerprint density at radius 2 is 1.82 bits per heavy atom. The van der Waals surface area contributed by atoms with Gasteiger partial charge >= 0.3 is 0 Å². The normalized spacial score (nSPS) is 16.9. The van der Waals surface area contributed by atoms with Crippen molar-refractivity contribution in [1.82, 2.24) is 23.9 Å². The van der Waals surface area contributed by atoms with Crippen LogP contribution in [0.1, 0.15) is 72.1 Å². The number of aryl methyl sites for hydroxylation is 2. The highest BCUT2D eigenvalue weighted by atomic mass is 35.5. The topological polar surface area (TPSA) is 87.2 Å². The highest BCUT2D eigenvalue weighted by Gasteiger charge is 2.48. The second-order valence-corrected chi connectivity index (χ2v) is 10.8. The molecule has 0 N–H and O–H groups in total. The fraction of sp³-hybridized carbons (Fsp3) is 0.357. The number of rotatable bonds is 6. The number of halogens is 2. The van der Waals surface area contributed by atoms with Crippen LogP contribution in [0.2, 0.25) is 5.02 Å². The van der Waals surface area contributed by atoms with Gasteiger partial charge in [-0.2, -0.15) is 5.10 Å². The number of pyridine rings is 1. The molecule has 1 atom stereocenters. The number of carbonyl (C=O) groups excluding carboxylic acids is 1. The smallest absolute Gasteiger partial charge is 0.281 e. The van der Waals surface area contributed by atoms with Crippen molar-refractivity contribution < 1.29 is 13.9 Å². The van der Waals surface area contributed by atoms with Crippen LogP contribution in [0.15, 0.2) is 41.3 Å². The Morgan fingerprint density at radius 3 is 2.44 bits per heavy atom. The molecular weight excluding hydrogens is 523 g/mol. The van der Waals surface area contributed by atoms with Crippen molar-refractivity contribution in [2.45, 2.75) is 44.7 Å². The molecule has 0 radical (unpaired) electrons. The fourth-order valence-electron chi connectivity index (χ4n) is 5.43. The van der Waals surface area contributed by atoms with Gasteiger partial charge in [0.25, 0.3) is 11.5 Å². The summed E-state index contributed by atoms with van der Waals surface area (Å²) in [7, 11) is 4.81. The summed E-state index contributed by atoms with van der Waals surface area (Å²) >= 11 is 6.21. The number of ether oxygens (including phenoxy) is 1. The van der Waals surface area contributed by atoms with Gasteiger partial charge in [-0.1, -0.05) is 23.7 Å². The number of fused-ring (bicyclic) bond motifs is 1. The lowest BCUT2D eigenvalue weighted by Crippen LogP contribution is -2.32. The standard InChI is InChI=1S/C28H28ClFN6O3/c1-14(2)35-25-23(31-26(35)18-12-20(37)33(3)13-19(18)39-5)28(38)36(24(25)16-8-10-17(29)11-9-16)27-21(30)22(15-6-7-15)32-34(27)4/h8-15,24H,6-7H2,1-5H3. The summed E-state index contributed by atoms with van der Waals surface area (Å²) < 4.78 is 26.3. The molecule has 9 nitrogen and oxygen atoms in total. The zero-order chi connectivity index (χ0) is 27.7. The van der Waals surface area contributed by atoms with Gasteiger partial charge in [0.1, 0.15) is 23.3 Å². The minimum absolute atomic E-state index is 0.0707. The number of anilines is 1. The van der Waals surface area contributed by atoms with Crippen molar-refractivity contribution in [1.29, 1.82) is 0 Å². The molecule has 2 aliphatic rings. The van der Waals surface area contributed by atoms with Crippen LogP contribution in [0.25, 0.3) is 11.4 Å². The van der Waals surface area contributed by atoms with E-state index < -0.39 is 17.8 Å². The van der Waals surface area contributed by atoms with Gasteiger partial charge in [0.15, 0.2) is 17.3 Å². The number of hydrogen-bond acceptors (Lipinski definition) is 5. The van der Waals surface area contributed by atoms with Crippen LogP contribution in [-0.2, 0) is 14.1 Å². The molecule has 1 amide bonds. The van der Waals surface area contributed by atoms with E-state index in [2.05, 4.69) is 5.10 Å². The Balaban J connectivity index is 1.62. The molecule has 1 aliphatic carbocycles. The summed E-state index contributed by atoms with van der Waals surface area (Å²) in [5, 5.41) is 4.99. The minimum atomic E-state index is -0.706. The van der Waals surface area contributed by atoms with Gasteiger partial charge in [-0.3, -0.25) is 14.5 Å². The van der Waals surface area contributed by atoms with E-state index >= 15 is 4.39 Å². The van der Waals surface area contributed by atoms with Crippen molar-refractivity contribution in [2.24, 2.45) is 14.1 Å². The number of imidazole rings is 1. The fourth-order valence-corrected chi connectivity index (χ4v) is 5.56. The first kappa shape index (κ1) is 25.4. The van der Waals surface area contributed by atoms with Gasteiger partial charge in [-0.05, 0) is 44.4 Å². The quantitative estimate of drug-likeness (QED) is 0.337. The maximum absolute atomic E-state index is 15.9. The zero-order valence-electron chi connectivity index (χ0n) is 22.3. The molecule has 0 spiro atoms. The van der Waals surface area contributed by atoms with E-state index in [0.29, 0.717) is 33.5 Å². The lowest BCUT2D eigenvalue weighted by atomic mass is 10.0. The maximum atomic E-state index is 15.9. The van der Waals surface area contributed by atoms with E-state index in [1.807, 2.05) is 30.5 Å². The number of hydrogen-bond donors (Lipinski definition) is 0. The van der Waals surface area contributed by atoms with Gasteiger partial charge in [0, 0.05) is 43.3 Å². The number of carbonyl (C=O) groups is 1. The summed E-state index contributed by atoms with van der Waals surface area (Å²) in [6.45, 7) is 3.95. The molecule has 202 valence electrons. The molecular formula is C28H28ClFN6O3. The van der Waals surface area contributed by atoms with Gasteiger partial charge in [0.05, 0.1) is 18.4 Å². The second-order valence-electron chi connectivity index (χ2n) is 10.4. The minimum Gasteiger partial charge on any atom is -0.494 e. The molecule has 0 bridgehead atoms. The van der Waals surface area contributed by atoms with E-state index in [1.165, 1.54) is 27.3 Å². The largest absolute Gasteiger partial charge is 0.494 e. The lowest BCUT2D eigenvalue weighted by molar-refractivity contribution is 0.0987. The first-order chi connectivity index (χ1) is 18.6. The molecule has 1 aromatic carbocycles. The van der Waals surface area contributed by atoms with E-state index in [-0.39, 0.29) is 29.0 Å². The van der Waals surface area contributed by atoms with Crippen LogP contribution in [-0.4, -0.2) is 36.9 Å². The Labute approximate surface area is 229 Å². The molecule has 1 fully saturated rings. The van der Waals surface area contributed by atoms with Crippen LogP contribution in [0.5, 0.6) is 5.75 Å². The third-order valence-corrected chi connectivity index (χ3v) is 7.67. The van der Waals surface area contributed by atoms with E-state index in [0.717, 1.165) is 18.4 Å². The summed E-state index contributed by atoms with van der Waals surface area (Å²) in [5.74, 6) is 0.117. The number of methoxy groups -OCH3 is 1. The van der Waals surface area contributed by atoms with Crippen molar-refractivity contribution in [3.05, 3.63) is 80.4 Å². The Bertz CT molecular complexity index is 1680. The Morgan fingerprint density at radius 1 is 1.13 bits per heavy atom. The average Bonchev–Trinajstić information content (AvgIpc) is 3.53. The predicted octanol–water partition coefficient (Wildman–Crippen LogP) is 4.99. The number of aromatic nitrogens is 5. The lowest BCUT2D eigenvalue weighted by Gasteiger charge is -2.28. The zero-order valence-corrected chi connectivity index (χ0v) is 23.0. The highest BCUT2D eigenvalue weighted by Crippen LogP contribution is 2.48. The summed E-state index contributed by atoms with van der Waals surface area (Å²) in [6.07, 6.45) is 3.35. The van der Waals surface area contributed by atoms with Gasteiger partial charge in [-0.25, -0.2) is 14.1 Å². The molecule has 4 heterocycles. The van der Waals surface area contributed by atoms with Crippen LogP contribution in [0, 0.1) is 5.82 Å². The molecule has 0 saturated heterocycles. The van der Waals surface area contributed by atoms with Gasteiger partial charge in [-0.15, -0.1) is 0 Å². The highest BCUT2D eigenvalue weighted by molar-refractivity contribution is 6.30. The summed E-state index contributed by atoms with van der Waals surface area (Å²) in [4.78, 5) is 33.0. The predicted molar refractivity (Wildman–Crippen MR) is 145 cm³/mol. The molecule has 1 unspecified atom stereocenters. The van der Waals surface area contributed by atoms with E-state index in [1.54, 1.807) is 32.4 Å². The van der Waals surface area contributed by atoms with Crippen molar-refractivity contribution >= 4 is 23.3 Å². The van der Waals surface area contributed by atoms with Gasteiger partial charge < -0.3 is 13.9 Å². The number of nitrogens with zero attached hydrogens (tertiary/aromatic N) is 6. The number of benzene rings is 1. The van der Waals surface area contributed by atoms with Crippen molar-refractivity contribution in [2.75, 3.05) is 12.0 Å². The Hall–Kier alpha value is -3.92. The van der Waals surface area contributed by atoms with Crippen LogP contribution in [0.4, 0.5) is 10.2 Å². The molecule has 39 heavy (non-hydrogen) atoms. The van der Waals surface area contributed by atoms with Crippen LogP contribution in [0.3, 0.4) is 0 Å². The summed E-state index contributed by atoms with van der Waals surface area (Å²) in [5.41, 5.74) is 2.15.